The van der Waals surface area contributed by atoms with Crippen LogP contribution < -0.4 is 5.32 Å². The first-order valence-corrected chi connectivity index (χ1v) is 6.63. The van der Waals surface area contributed by atoms with Crippen LogP contribution in [0.15, 0.2) is 0 Å². The van der Waals surface area contributed by atoms with E-state index in [9.17, 15) is 5.11 Å². The molecule has 1 saturated carbocycles. The third-order valence-electron chi connectivity index (χ3n) is 3.10. The second-order valence-electron chi connectivity index (χ2n) is 5.95. The van der Waals surface area contributed by atoms with Gasteiger partial charge in [-0.3, -0.25) is 0 Å². The van der Waals surface area contributed by atoms with Crippen LogP contribution in [0.4, 0.5) is 0 Å². The van der Waals surface area contributed by atoms with E-state index < -0.39 is 0 Å². The minimum atomic E-state index is -0.332. The lowest BCUT2D eigenvalue weighted by Gasteiger charge is -2.24. The Morgan fingerprint density at radius 3 is 2.44 bits per heavy atom. The summed E-state index contributed by atoms with van der Waals surface area (Å²) in [5.41, 5.74) is -0.147. The Hall–Kier alpha value is -0.120. The number of nitrogens with two attached hydrogens (primary N) is 1. The molecule has 0 aromatic carbocycles. The van der Waals surface area contributed by atoms with Gasteiger partial charge in [0.15, 0.2) is 0 Å². The highest BCUT2D eigenvalue weighted by molar-refractivity contribution is 4.64. The second kappa shape index (κ2) is 6.58. The van der Waals surface area contributed by atoms with E-state index in [1.54, 1.807) is 0 Å². The Kier molecular flexibility index (Phi) is 5.73. The average Bonchev–Trinajstić information content (AvgIpc) is 2.24. The molecule has 0 radical (unpaired) electrons. The number of aliphatic hydroxyl groups is 1. The van der Waals surface area contributed by atoms with Crippen LogP contribution in [0.25, 0.3) is 0 Å². The van der Waals surface area contributed by atoms with Crippen LogP contribution in [0.3, 0.4) is 0 Å². The molecule has 0 saturated heterocycles. The van der Waals surface area contributed by atoms with Gasteiger partial charge in [-0.15, -0.1) is 0 Å². The lowest BCUT2D eigenvalue weighted by atomic mass is 9.95. The van der Waals surface area contributed by atoms with E-state index in [1.165, 1.54) is 32.1 Å². The molecule has 0 heterocycles. The van der Waals surface area contributed by atoms with Crippen molar-refractivity contribution in [3.05, 3.63) is 0 Å². The number of aliphatic hydroxyl groups excluding tert-OH is 1. The predicted octanol–water partition coefficient (Wildman–Crippen LogP) is 1.06. The van der Waals surface area contributed by atoms with E-state index in [-0.39, 0.29) is 11.7 Å². The zero-order valence-corrected chi connectivity index (χ0v) is 11.0. The SMILES string of the molecule is CC(C)(C)OC[C@@H](O)C[NH2+]C1CCCCC1. The van der Waals surface area contributed by atoms with Crippen LogP contribution in [-0.4, -0.2) is 36.0 Å². The van der Waals surface area contributed by atoms with E-state index in [4.69, 9.17) is 4.74 Å². The smallest absolute Gasteiger partial charge is 0.126 e. The molecule has 1 rings (SSSR count). The van der Waals surface area contributed by atoms with Crippen LogP contribution in [0, 0.1) is 0 Å². The Balaban J connectivity index is 2.07. The van der Waals surface area contributed by atoms with Crippen molar-refractivity contribution < 1.29 is 15.2 Å². The summed E-state index contributed by atoms with van der Waals surface area (Å²) in [6.07, 6.45) is 6.40. The highest BCUT2D eigenvalue weighted by Crippen LogP contribution is 2.14. The first-order chi connectivity index (χ1) is 7.47. The van der Waals surface area contributed by atoms with E-state index in [1.807, 2.05) is 20.8 Å². The monoisotopic (exact) mass is 230 g/mol. The van der Waals surface area contributed by atoms with E-state index in [0.29, 0.717) is 6.61 Å². The summed E-state index contributed by atoms with van der Waals surface area (Å²) in [7, 11) is 0. The number of quaternary nitrogens is 1. The zero-order chi connectivity index (χ0) is 12.0. The summed E-state index contributed by atoms with van der Waals surface area (Å²) in [6.45, 7) is 7.28. The first-order valence-electron chi connectivity index (χ1n) is 6.63. The van der Waals surface area contributed by atoms with Crippen molar-refractivity contribution in [1.82, 2.24) is 0 Å². The first kappa shape index (κ1) is 13.9. The summed E-state index contributed by atoms with van der Waals surface area (Å²) >= 11 is 0. The van der Waals surface area contributed by atoms with Crippen LogP contribution in [0.5, 0.6) is 0 Å². The number of hydrogen-bond donors (Lipinski definition) is 2. The maximum Gasteiger partial charge on any atom is 0.126 e. The molecule has 0 aliphatic heterocycles. The molecule has 3 nitrogen and oxygen atoms in total. The van der Waals surface area contributed by atoms with Gasteiger partial charge in [0.25, 0.3) is 0 Å². The molecule has 0 aromatic heterocycles. The molecule has 0 spiro atoms. The van der Waals surface area contributed by atoms with Gasteiger partial charge in [-0.05, 0) is 46.5 Å². The van der Waals surface area contributed by atoms with Crippen molar-refractivity contribution in [2.24, 2.45) is 0 Å². The molecule has 16 heavy (non-hydrogen) atoms. The molecule has 1 fully saturated rings. The van der Waals surface area contributed by atoms with Crippen molar-refractivity contribution >= 4 is 0 Å². The standard InChI is InChI=1S/C13H27NO2/c1-13(2,3)16-10-12(15)9-14-11-7-5-4-6-8-11/h11-12,14-15H,4-10H2,1-3H3/p+1/t12-/m0/s1. The summed E-state index contributed by atoms with van der Waals surface area (Å²) in [5, 5.41) is 12.1. The van der Waals surface area contributed by atoms with Gasteiger partial charge in [0.1, 0.15) is 12.6 Å². The minimum Gasteiger partial charge on any atom is -0.385 e. The van der Waals surface area contributed by atoms with Crippen LogP contribution in [0.1, 0.15) is 52.9 Å². The van der Waals surface area contributed by atoms with Gasteiger partial charge < -0.3 is 15.2 Å². The molecule has 0 unspecified atom stereocenters. The highest BCUT2D eigenvalue weighted by atomic mass is 16.5. The fourth-order valence-corrected chi connectivity index (χ4v) is 2.13. The molecule has 3 heteroatoms. The van der Waals surface area contributed by atoms with Gasteiger partial charge in [0, 0.05) is 0 Å². The van der Waals surface area contributed by atoms with Crippen LogP contribution in [-0.2, 0) is 4.74 Å². The van der Waals surface area contributed by atoms with Gasteiger partial charge in [0.2, 0.25) is 0 Å². The Bertz CT molecular complexity index is 183. The Morgan fingerprint density at radius 1 is 1.25 bits per heavy atom. The van der Waals surface area contributed by atoms with Gasteiger partial charge >= 0.3 is 0 Å². The molecule has 0 aromatic rings. The number of rotatable bonds is 5. The van der Waals surface area contributed by atoms with Gasteiger partial charge in [0.05, 0.1) is 18.2 Å². The third-order valence-corrected chi connectivity index (χ3v) is 3.10. The number of ether oxygens (including phenoxy) is 1. The van der Waals surface area contributed by atoms with Crippen molar-refractivity contribution in [3.63, 3.8) is 0 Å². The van der Waals surface area contributed by atoms with Gasteiger partial charge in [-0.1, -0.05) is 6.42 Å². The molecular weight excluding hydrogens is 202 g/mol. The van der Waals surface area contributed by atoms with E-state index in [2.05, 4.69) is 5.32 Å². The summed E-state index contributed by atoms with van der Waals surface area (Å²) < 4.78 is 5.56. The van der Waals surface area contributed by atoms with Crippen LogP contribution in [0.2, 0.25) is 0 Å². The second-order valence-corrected chi connectivity index (χ2v) is 5.95. The van der Waals surface area contributed by atoms with Gasteiger partial charge in [-0.2, -0.15) is 0 Å². The molecule has 0 bridgehead atoms. The average molecular weight is 230 g/mol. The summed E-state index contributed by atoms with van der Waals surface area (Å²) in [6, 6.07) is 0.734. The quantitative estimate of drug-likeness (QED) is 0.742. The molecule has 0 amide bonds. The van der Waals surface area contributed by atoms with Crippen molar-refractivity contribution in [2.75, 3.05) is 13.2 Å². The third kappa shape index (κ3) is 6.46. The topological polar surface area (TPSA) is 46.1 Å². The van der Waals surface area contributed by atoms with Crippen molar-refractivity contribution in [3.8, 4) is 0 Å². The maximum absolute atomic E-state index is 9.79. The fourth-order valence-electron chi connectivity index (χ4n) is 2.13. The minimum absolute atomic E-state index is 0.147. The summed E-state index contributed by atoms with van der Waals surface area (Å²) in [4.78, 5) is 0. The molecular formula is C13H28NO2+. The van der Waals surface area contributed by atoms with Crippen LogP contribution >= 0.6 is 0 Å². The maximum atomic E-state index is 9.79. The lowest BCUT2D eigenvalue weighted by molar-refractivity contribution is -0.697. The van der Waals surface area contributed by atoms with E-state index >= 15 is 0 Å². The Labute approximate surface area is 99.6 Å². The largest absolute Gasteiger partial charge is 0.385 e. The molecule has 1 aliphatic rings. The summed E-state index contributed by atoms with van der Waals surface area (Å²) in [5.74, 6) is 0. The molecule has 1 aliphatic carbocycles. The van der Waals surface area contributed by atoms with Crippen molar-refractivity contribution in [2.45, 2.75) is 70.6 Å². The molecule has 1 atom stereocenters. The van der Waals surface area contributed by atoms with Gasteiger partial charge in [-0.25, -0.2) is 0 Å². The van der Waals surface area contributed by atoms with Crippen molar-refractivity contribution in [1.29, 1.82) is 0 Å². The Morgan fingerprint density at radius 2 is 1.88 bits per heavy atom. The van der Waals surface area contributed by atoms with E-state index in [0.717, 1.165) is 12.6 Å². The predicted molar refractivity (Wildman–Crippen MR) is 65.4 cm³/mol. The lowest BCUT2D eigenvalue weighted by Crippen LogP contribution is -2.92. The number of hydrogen-bond acceptors (Lipinski definition) is 2. The molecule has 3 N–H and O–H groups in total. The highest BCUT2D eigenvalue weighted by Gasteiger charge is 2.19. The normalized spacial score (nSPS) is 21.0. The zero-order valence-electron chi connectivity index (χ0n) is 11.0. The molecule has 96 valence electrons. The fraction of sp³-hybridized carbons (Fsp3) is 1.00.